The number of hydrogen-bond acceptors (Lipinski definition) is 3. The van der Waals surface area contributed by atoms with Gasteiger partial charge in [-0.05, 0) is 44.2 Å². The maximum absolute atomic E-state index is 5.51. The first-order valence-electron chi connectivity index (χ1n) is 6.14. The minimum absolute atomic E-state index is 0.692. The van der Waals surface area contributed by atoms with Gasteiger partial charge in [0, 0.05) is 17.7 Å². The van der Waals surface area contributed by atoms with E-state index < -0.39 is 0 Å². The van der Waals surface area contributed by atoms with Crippen LogP contribution in [0.2, 0.25) is 0 Å². The Balaban J connectivity index is 2.23. The Morgan fingerprint density at radius 2 is 2.00 bits per heavy atom. The van der Waals surface area contributed by atoms with Gasteiger partial charge in [-0.2, -0.15) is 0 Å². The second kappa shape index (κ2) is 5.69. The quantitative estimate of drug-likeness (QED) is 0.849. The third kappa shape index (κ3) is 2.71. The molecule has 0 saturated heterocycles. The molecule has 1 aromatic carbocycles. The lowest BCUT2D eigenvalue weighted by atomic mass is 10.1. The first-order valence-corrected chi connectivity index (χ1v) is 6.14. The van der Waals surface area contributed by atoms with E-state index in [1.54, 1.807) is 7.11 Å². The lowest BCUT2D eigenvalue weighted by molar-refractivity contribution is 0.415. The van der Waals surface area contributed by atoms with E-state index in [1.807, 2.05) is 31.2 Å². The maximum atomic E-state index is 5.51. The van der Waals surface area contributed by atoms with Crippen molar-refractivity contribution in [3.05, 3.63) is 35.8 Å². The second-order valence-electron chi connectivity index (χ2n) is 4.28. The number of ether oxygens (including phenoxy) is 1. The molecule has 0 fully saturated rings. The van der Waals surface area contributed by atoms with E-state index in [9.17, 15) is 0 Å². The van der Waals surface area contributed by atoms with Crippen LogP contribution in [0.15, 0.2) is 24.3 Å². The molecule has 4 heteroatoms. The summed E-state index contributed by atoms with van der Waals surface area (Å²) in [6, 6.07) is 7.94. The highest BCUT2D eigenvalue weighted by Gasteiger charge is 2.08. The van der Waals surface area contributed by atoms with Crippen molar-refractivity contribution in [3.8, 4) is 17.0 Å². The number of hydrogen-bond donors (Lipinski definition) is 2. The molecule has 0 atom stereocenters. The van der Waals surface area contributed by atoms with Crippen molar-refractivity contribution in [2.24, 2.45) is 5.73 Å². The van der Waals surface area contributed by atoms with Crippen LogP contribution in [0, 0.1) is 6.92 Å². The van der Waals surface area contributed by atoms with Crippen molar-refractivity contribution in [2.45, 2.75) is 19.8 Å². The summed E-state index contributed by atoms with van der Waals surface area (Å²) >= 11 is 0. The molecule has 0 bridgehead atoms. The highest BCUT2D eigenvalue weighted by molar-refractivity contribution is 5.62. The number of methoxy groups -OCH3 is 1. The molecule has 3 N–H and O–H groups in total. The molecule has 18 heavy (non-hydrogen) atoms. The van der Waals surface area contributed by atoms with Crippen LogP contribution in [0.1, 0.15) is 17.9 Å². The van der Waals surface area contributed by atoms with Gasteiger partial charge in [-0.15, -0.1) is 0 Å². The molecule has 0 saturated carbocycles. The third-order valence-corrected chi connectivity index (χ3v) is 2.91. The molecule has 1 aromatic heterocycles. The summed E-state index contributed by atoms with van der Waals surface area (Å²) in [5.74, 6) is 1.86. The highest BCUT2D eigenvalue weighted by atomic mass is 16.5. The number of nitrogens with zero attached hydrogens (tertiary/aromatic N) is 1. The number of rotatable bonds is 5. The van der Waals surface area contributed by atoms with Crippen LogP contribution < -0.4 is 10.5 Å². The molecule has 4 nitrogen and oxygen atoms in total. The van der Waals surface area contributed by atoms with Crippen LogP contribution in [0.4, 0.5) is 0 Å². The lowest BCUT2D eigenvalue weighted by Crippen LogP contribution is -2.01. The van der Waals surface area contributed by atoms with Gasteiger partial charge >= 0.3 is 0 Å². The summed E-state index contributed by atoms with van der Waals surface area (Å²) in [5, 5.41) is 0. The van der Waals surface area contributed by atoms with Crippen molar-refractivity contribution >= 4 is 0 Å². The van der Waals surface area contributed by atoms with Gasteiger partial charge in [-0.3, -0.25) is 0 Å². The third-order valence-electron chi connectivity index (χ3n) is 2.91. The normalized spacial score (nSPS) is 10.6. The Morgan fingerprint density at radius 1 is 1.28 bits per heavy atom. The first-order chi connectivity index (χ1) is 8.74. The van der Waals surface area contributed by atoms with Gasteiger partial charge in [0.2, 0.25) is 0 Å². The minimum atomic E-state index is 0.692. The molecule has 0 radical (unpaired) electrons. The largest absolute Gasteiger partial charge is 0.497 e. The van der Waals surface area contributed by atoms with Crippen molar-refractivity contribution in [1.29, 1.82) is 0 Å². The summed E-state index contributed by atoms with van der Waals surface area (Å²) in [5.41, 5.74) is 8.70. The van der Waals surface area contributed by atoms with E-state index in [2.05, 4.69) is 9.97 Å². The van der Waals surface area contributed by atoms with E-state index in [0.29, 0.717) is 6.54 Å². The topological polar surface area (TPSA) is 63.9 Å². The van der Waals surface area contributed by atoms with Crippen LogP contribution in [-0.4, -0.2) is 23.6 Å². The summed E-state index contributed by atoms with van der Waals surface area (Å²) < 4.78 is 5.15. The Kier molecular flexibility index (Phi) is 3.99. The molecule has 0 aliphatic heterocycles. The van der Waals surface area contributed by atoms with Crippen LogP contribution in [-0.2, 0) is 6.42 Å². The number of H-pyrrole nitrogens is 1. The first kappa shape index (κ1) is 12.6. The zero-order valence-corrected chi connectivity index (χ0v) is 10.9. The van der Waals surface area contributed by atoms with Crippen LogP contribution in [0.25, 0.3) is 11.3 Å². The van der Waals surface area contributed by atoms with Crippen LogP contribution in [0.5, 0.6) is 5.75 Å². The fourth-order valence-electron chi connectivity index (χ4n) is 1.94. The smallest absolute Gasteiger partial charge is 0.118 e. The Hall–Kier alpha value is -1.81. The van der Waals surface area contributed by atoms with E-state index in [-0.39, 0.29) is 0 Å². The van der Waals surface area contributed by atoms with E-state index >= 15 is 0 Å². The molecule has 0 aliphatic rings. The van der Waals surface area contributed by atoms with Crippen molar-refractivity contribution in [1.82, 2.24) is 9.97 Å². The molecule has 0 aliphatic carbocycles. The maximum Gasteiger partial charge on any atom is 0.118 e. The molecule has 1 heterocycles. The molecule has 0 spiro atoms. The summed E-state index contributed by atoms with van der Waals surface area (Å²) in [6.07, 6.45) is 1.85. The van der Waals surface area contributed by atoms with E-state index in [1.165, 1.54) is 0 Å². The van der Waals surface area contributed by atoms with Gasteiger partial charge in [0.15, 0.2) is 0 Å². The lowest BCUT2D eigenvalue weighted by Gasteiger charge is -2.01. The number of nitrogens with two attached hydrogens (primary N) is 1. The SMILES string of the molecule is COc1ccc(-c2nc(CCCN)[nH]c2C)cc1. The molecule has 2 rings (SSSR count). The number of aryl methyl sites for hydroxylation is 2. The monoisotopic (exact) mass is 245 g/mol. The Bertz CT molecular complexity index is 502. The Labute approximate surface area is 107 Å². The second-order valence-corrected chi connectivity index (χ2v) is 4.28. The molecular formula is C14H19N3O. The molecular weight excluding hydrogens is 226 g/mol. The average molecular weight is 245 g/mol. The van der Waals surface area contributed by atoms with Crippen molar-refractivity contribution in [2.75, 3.05) is 13.7 Å². The van der Waals surface area contributed by atoms with Crippen molar-refractivity contribution < 1.29 is 4.74 Å². The van der Waals surface area contributed by atoms with Gasteiger partial charge in [-0.1, -0.05) is 0 Å². The van der Waals surface area contributed by atoms with Gasteiger partial charge < -0.3 is 15.5 Å². The van der Waals surface area contributed by atoms with Crippen molar-refractivity contribution in [3.63, 3.8) is 0 Å². The van der Waals surface area contributed by atoms with Crippen LogP contribution >= 0.6 is 0 Å². The Morgan fingerprint density at radius 3 is 2.61 bits per heavy atom. The predicted molar refractivity (Wildman–Crippen MR) is 72.7 cm³/mol. The van der Waals surface area contributed by atoms with Gasteiger partial charge in [0.1, 0.15) is 11.6 Å². The van der Waals surface area contributed by atoms with Gasteiger partial charge in [-0.25, -0.2) is 4.98 Å². The summed E-state index contributed by atoms with van der Waals surface area (Å²) in [7, 11) is 1.67. The number of aromatic nitrogens is 2. The standard InChI is InChI=1S/C14H19N3O/c1-10-14(17-13(16-10)4-3-9-15)11-5-7-12(18-2)8-6-11/h5-8H,3-4,9,15H2,1-2H3,(H,16,17). The summed E-state index contributed by atoms with van der Waals surface area (Å²) in [6.45, 7) is 2.73. The van der Waals surface area contributed by atoms with E-state index in [0.717, 1.165) is 41.4 Å². The average Bonchev–Trinajstić information content (AvgIpc) is 2.78. The molecule has 96 valence electrons. The highest BCUT2D eigenvalue weighted by Crippen LogP contribution is 2.23. The zero-order valence-electron chi connectivity index (χ0n) is 10.9. The number of nitrogens with one attached hydrogen (secondary N) is 1. The number of benzene rings is 1. The van der Waals surface area contributed by atoms with E-state index in [4.69, 9.17) is 10.5 Å². The van der Waals surface area contributed by atoms with Gasteiger partial charge in [0.25, 0.3) is 0 Å². The van der Waals surface area contributed by atoms with Crippen LogP contribution in [0.3, 0.4) is 0 Å². The summed E-state index contributed by atoms with van der Waals surface area (Å²) in [4.78, 5) is 7.93. The molecule has 0 amide bonds. The number of imidazole rings is 1. The molecule has 0 unspecified atom stereocenters. The van der Waals surface area contributed by atoms with Gasteiger partial charge in [0.05, 0.1) is 12.8 Å². The fourth-order valence-corrected chi connectivity index (χ4v) is 1.94. The molecule has 2 aromatic rings. The zero-order chi connectivity index (χ0) is 13.0. The number of aromatic amines is 1. The fraction of sp³-hybridized carbons (Fsp3) is 0.357. The predicted octanol–water partition coefficient (Wildman–Crippen LogP) is 2.29. The minimum Gasteiger partial charge on any atom is -0.497 e.